The van der Waals surface area contributed by atoms with Gasteiger partial charge in [-0.2, -0.15) is 4.68 Å². The second-order valence-corrected chi connectivity index (χ2v) is 7.64. The Hall–Kier alpha value is -2.39. The van der Waals surface area contributed by atoms with E-state index in [1.54, 1.807) is 35.1 Å². The van der Waals surface area contributed by atoms with Crippen LogP contribution < -0.4 is 4.74 Å². The lowest BCUT2D eigenvalue weighted by molar-refractivity contribution is -0.127. The lowest BCUT2D eigenvalue weighted by Gasteiger charge is -2.16. The highest BCUT2D eigenvalue weighted by molar-refractivity contribution is 7.99. The predicted octanol–water partition coefficient (Wildman–Crippen LogP) is 2.79. The van der Waals surface area contributed by atoms with Gasteiger partial charge in [0.1, 0.15) is 11.4 Å². The Kier molecular flexibility index (Phi) is 5.89. The van der Waals surface area contributed by atoms with Gasteiger partial charge in [0.05, 0.1) is 19.4 Å². The lowest BCUT2D eigenvalue weighted by Crippen LogP contribution is -2.27. The lowest BCUT2D eigenvalue weighted by atomic mass is 10.2. The monoisotopic (exact) mass is 389 g/mol. The number of aromatic nitrogens is 4. The van der Waals surface area contributed by atoms with Crippen LogP contribution in [0.2, 0.25) is 0 Å². The van der Waals surface area contributed by atoms with Crippen molar-refractivity contribution in [2.24, 2.45) is 0 Å². The molecule has 0 saturated heterocycles. The van der Waals surface area contributed by atoms with Crippen LogP contribution in [0.25, 0.3) is 5.69 Å². The molecule has 2 heterocycles. The molecule has 0 N–H and O–H groups in total. The molecule has 1 aromatic carbocycles. The summed E-state index contributed by atoms with van der Waals surface area (Å²) in [6.45, 7) is 2.59. The van der Waals surface area contributed by atoms with Crippen molar-refractivity contribution in [2.75, 3.05) is 19.9 Å². The number of aryl methyl sites for hydroxylation is 1. The Morgan fingerprint density at radius 3 is 2.96 bits per heavy atom. The van der Waals surface area contributed by atoms with Gasteiger partial charge in [-0.1, -0.05) is 23.9 Å². The van der Waals surface area contributed by atoms with Crippen LogP contribution in [0.4, 0.5) is 0 Å². The van der Waals surface area contributed by atoms with Crippen LogP contribution in [-0.4, -0.2) is 50.9 Å². The first-order valence-corrected chi connectivity index (χ1v) is 9.77. The molecule has 3 rings (SSSR count). The van der Waals surface area contributed by atoms with Gasteiger partial charge in [-0.25, -0.2) is 0 Å². The van der Waals surface area contributed by atoms with Crippen molar-refractivity contribution in [1.82, 2.24) is 25.1 Å². The normalized spacial score (nSPS) is 10.7. The summed E-state index contributed by atoms with van der Waals surface area (Å²) in [6, 6.07) is 9.79. The van der Waals surface area contributed by atoms with Crippen molar-refractivity contribution >= 4 is 29.0 Å². The quantitative estimate of drug-likeness (QED) is 0.579. The number of thioether (sulfide) groups is 1. The number of amides is 1. The number of tetrazole rings is 1. The van der Waals surface area contributed by atoms with Crippen LogP contribution >= 0.6 is 23.1 Å². The van der Waals surface area contributed by atoms with Crippen molar-refractivity contribution in [3.05, 3.63) is 46.2 Å². The van der Waals surface area contributed by atoms with Gasteiger partial charge in [-0.15, -0.1) is 16.4 Å². The number of hydrogen-bond donors (Lipinski definition) is 0. The Balaban J connectivity index is 1.70. The summed E-state index contributed by atoms with van der Waals surface area (Å²) in [5, 5.41) is 14.4. The van der Waals surface area contributed by atoms with Gasteiger partial charge in [0.25, 0.3) is 0 Å². The molecule has 0 unspecified atom stereocenters. The summed E-state index contributed by atoms with van der Waals surface area (Å²) in [6.07, 6.45) is 0. The van der Waals surface area contributed by atoms with E-state index in [4.69, 9.17) is 4.74 Å². The highest BCUT2D eigenvalue weighted by Gasteiger charge is 2.17. The summed E-state index contributed by atoms with van der Waals surface area (Å²) < 4.78 is 7.00. The van der Waals surface area contributed by atoms with Crippen LogP contribution in [0.1, 0.15) is 10.4 Å². The van der Waals surface area contributed by atoms with Crippen LogP contribution in [0, 0.1) is 6.92 Å². The molecule has 0 radical (unpaired) electrons. The Morgan fingerprint density at radius 1 is 1.38 bits per heavy atom. The molecule has 9 heteroatoms. The van der Waals surface area contributed by atoms with Gasteiger partial charge in [0.15, 0.2) is 0 Å². The maximum Gasteiger partial charge on any atom is 0.233 e. The standard InChI is InChI=1S/C17H19N5O2S2/c1-12-6-7-15(24-3)14(9-12)22-17(18-19-20-22)26-11-16(23)21(2)10-13-5-4-8-25-13/h4-9H,10-11H2,1-3H3. The van der Waals surface area contributed by atoms with E-state index in [1.165, 1.54) is 11.8 Å². The number of carbonyl (C=O) groups is 1. The number of rotatable bonds is 7. The van der Waals surface area contributed by atoms with Crippen molar-refractivity contribution in [1.29, 1.82) is 0 Å². The Morgan fingerprint density at radius 2 is 2.23 bits per heavy atom. The minimum atomic E-state index is 0.0224. The first-order chi connectivity index (χ1) is 12.6. The number of nitrogens with zero attached hydrogens (tertiary/aromatic N) is 5. The molecule has 0 aliphatic carbocycles. The molecule has 0 spiro atoms. The van der Waals surface area contributed by atoms with Crippen LogP contribution in [0.5, 0.6) is 5.75 Å². The number of thiophene rings is 1. The van der Waals surface area contributed by atoms with E-state index in [2.05, 4.69) is 15.5 Å². The maximum atomic E-state index is 12.4. The van der Waals surface area contributed by atoms with Crippen LogP contribution in [0.15, 0.2) is 40.9 Å². The van der Waals surface area contributed by atoms with E-state index in [0.29, 0.717) is 17.5 Å². The Labute approximate surface area is 160 Å². The zero-order valence-corrected chi connectivity index (χ0v) is 16.4. The summed E-state index contributed by atoms with van der Waals surface area (Å²) in [4.78, 5) is 15.3. The van der Waals surface area contributed by atoms with Gasteiger partial charge in [0, 0.05) is 11.9 Å². The molecule has 2 aromatic heterocycles. The zero-order valence-electron chi connectivity index (χ0n) is 14.7. The predicted molar refractivity (Wildman–Crippen MR) is 102 cm³/mol. The molecule has 0 fully saturated rings. The Bertz CT molecular complexity index is 879. The van der Waals surface area contributed by atoms with Crippen LogP contribution in [0.3, 0.4) is 0 Å². The van der Waals surface area contributed by atoms with Gasteiger partial charge in [0.2, 0.25) is 11.1 Å². The largest absolute Gasteiger partial charge is 0.494 e. The summed E-state index contributed by atoms with van der Waals surface area (Å²) in [5.41, 5.74) is 1.82. The molecule has 0 bridgehead atoms. The smallest absolute Gasteiger partial charge is 0.233 e. The van der Waals surface area contributed by atoms with Crippen molar-refractivity contribution in [2.45, 2.75) is 18.6 Å². The number of methoxy groups -OCH3 is 1. The third kappa shape index (κ3) is 4.23. The molecule has 0 aliphatic heterocycles. The van der Waals surface area contributed by atoms with Crippen molar-refractivity contribution in [3.63, 3.8) is 0 Å². The SMILES string of the molecule is COc1ccc(C)cc1-n1nnnc1SCC(=O)N(C)Cc1cccs1. The molecule has 136 valence electrons. The number of benzene rings is 1. The van der Waals surface area contributed by atoms with Gasteiger partial charge < -0.3 is 9.64 Å². The molecule has 26 heavy (non-hydrogen) atoms. The van der Waals surface area contributed by atoms with E-state index in [-0.39, 0.29) is 11.7 Å². The minimum Gasteiger partial charge on any atom is -0.494 e. The van der Waals surface area contributed by atoms with E-state index in [1.807, 2.05) is 42.6 Å². The highest BCUT2D eigenvalue weighted by Crippen LogP contribution is 2.27. The molecular formula is C17H19N5O2S2. The molecule has 1 amide bonds. The fraction of sp³-hybridized carbons (Fsp3) is 0.294. The van der Waals surface area contributed by atoms with Crippen LogP contribution in [-0.2, 0) is 11.3 Å². The number of hydrogen-bond acceptors (Lipinski definition) is 7. The average molecular weight is 390 g/mol. The second kappa shape index (κ2) is 8.33. The first-order valence-electron chi connectivity index (χ1n) is 7.91. The molecule has 0 atom stereocenters. The second-order valence-electron chi connectivity index (χ2n) is 5.67. The number of carbonyl (C=O) groups excluding carboxylic acids is 1. The van der Waals surface area contributed by atoms with E-state index < -0.39 is 0 Å². The van der Waals surface area contributed by atoms with Crippen molar-refractivity contribution in [3.8, 4) is 11.4 Å². The zero-order chi connectivity index (χ0) is 18.5. The van der Waals surface area contributed by atoms with Gasteiger partial charge in [-0.3, -0.25) is 4.79 Å². The first kappa shape index (κ1) is 18.4. The van der Waals surface area contributed by atoms with E-state index in [9.17, 15) is 4.79 Å². The average Bonchev–Trinajstić information content (AvgIpc) is 3.31. The fourth-order valence-corrected chi connectivity index (χ4v) is 3.93. The van der Waals surface area contributed by atoms with E-state index in [0.717, 1.165) is 16.1 Å². The molecule has 0 saturated carbocycles. The highest BCUT2D eigenvalue weighted by atomic mass is 32.2. The molecule has 3 aromatic rings. The van der Waals surface area contributed by atoms with Gasteiger partial charge in [-0.05, 0) is 46.5 Å². The summed E-state index contributed by atoms with van der Waals surface area (Å²) in [5.74, 6) is 0.955. The summed E-state index contributed by atoms with van der Waals surface area (Å²) in [7, 11) is 3.41. The summed E-state index contributed by atoms with van der Waals surface area (Å²) >= 11 is 2.94. The van der Waals surface area contributed by atoms with E-state index >= 15 is 0 Å². The third-order valence-corrected chi connectivity index (χ3v) is 5.49. The molecule has 7 nitrogen and oxygen atoms in total. The molecule has 0 aliphatic rings. The number of ether oxygens (including phenoxy) is 1. The maximum absolute atomic E-state index is 12.4. The topological polar surface area (TPSA) is 73.1 Å². The minimum absolute atomic E-state index is 0.0224. The fourth-order valence-electron chi connectivity index (χ4n) is 2.35. The molecular weight excluding hydrogens is 370 g/mol. The van der Waals surface area contributed by atoms with Gasteiger partial charge >= 0.3 is 0 Å². The van der Waals surface area contributed by atoms with Crippen molar-refractivity contribution < 1.29 is 9.53 Å². The third-order valence-electron chi connectivity index (χ3n) is 3.73.